The van der Waals surface area contributed by atoms with E-state index in [1.54, 1.807) is 7.11 Å². The predicted molar refractivity (Wildman–Crippen MR) is 86.6 cm³/mol. The van der Waals surface area contributed by atoms with Crippen molar-refractivity contribution < 1.29 is 19.4 Å². The number of nitrogens with zero attached hydrogens (tertiary/aromatic N) is 2. The van der Waals surface area contributed by atoms with E-state index in [0.717, 1.165) is 30.8 Å². The summed E-state index contributed by atoms with van der Waals surface area (Å²) < 4.78 is 5.12. The minimum absolute atomic E-state index is 0.158. The maximum atomic E-state index is 12.3. The van der Waals surface area contributed by atoms with Gasteiger partial charge in [-0.15, -0.1) is 0 Å². The lowest BCUT2D eigenvalue weighted by Crippen LogP contribution is -2.49. The molecular formula is C17H24N2O4. The average Bonchev–Trinajstić information content (AvgIpc) is 2.58. The maximum absolute atomic E-state index is 12.3. The van der Waals surface area contributed by atoms with Crippen molar-refractivity contribution in [3.8, 4) is 5.75 Å². The van der Waals surface area contributed by atoms with Crippen LogP contribution >= 0.6 is 0 Å². The number of methoxy groups -OCH3 is 1. The molecule has 6 nitrogen and oxygen atoms in total. The van der Waals surface area contributed by atoms with E-state index in [4.69, 9.17) is 9.84 Å². The van der Waals surface area contributed by atoms with E-state index < -0.39 is 5.97 Å². The zero-order valence-corrected chi connectivity index (χ0v) is 13.5. The van der Waals surface area contributed by atoms with E-state index in [0.29, 0.717) is 26.1 Å². The molecule has 1 aliphatic heterocycles. The molecule has 0 bridgehead atoms. The number of rotatable bonds is 7. The molecule has 1 N–H and O–H groups in total. The minimum atomic E-state index is -0.775. The Balaban J connectivity index is 1.71. The molecule has 1 aromatic carbocycles. The van der Waals surface area contributed by atoms with Crippen molar-refractivity contribution >= 4 is 11.9 Å². The van der Waals surface area contributed by atoms with Crippen LogP contribution in [0.4, 0.5) is 0 Å². The van der Waals surface area contributed by atoms with E-state index in [9.17, 15) is 9.59 Å². The van der Waals surface area contributed by atoms with Crippen LogP contribution in [-0.4, -0.2) is 66.6 Å². The van der Waals surface area contributed by atoms with Crippen LogP contribution in [0.1, 0.15) is 18.4 Å². The third-order valence-corrected chi connectivity index (χ3v) is 4.15. The van der Waals surface area contributed by atoms with Crippen LogP contribution in [0.3, 0.4) is 0 Å². The van der Waals surface area contributed by atoms with E-state index in [2.05, 4.69) is 4.90 Å². The van der Waals surface area contributed by atoms with Gasteiger partial charge in [0.25, 0.3) is 0 Å². The summed E-state index contributed by atoms with van der Waals surface area (Å²) in [4.78, 5) is 26.8. The first-order chi connectivity index (χ1) is 11.1. The zero-order valence-electron chi connectivity index (χ0n) is 13.5. The van der Waals surface area contributed by atoms with Gasteiger partial charge in [0, 0.05) is 39.1 Å². The molecule has 6 heteroatoms. The van der Waals surface area contributed by atoms with Gasteiger partial charge in [-0.05, 0) is 24.1 Å². The lowest BCUT2D eigenvalue weighted by Gasteiger charge is -2.34. The van der Waals surface area contributed by atoms with Gasteiger partial charge in [0.1, 0.15) is 5.75 Å². The fraction of sp³-hybridized carbons (Fsp3) is 0.529. The maximum Gasteiger partial charge on any atom is 0.304 e. The molecule has 0 aliphatic carbocycles. The Bertz CT molecular complexity index is 522. The Morgan fingerprint density at radius 1 is 1.09 bits per heavy atom. The number of aryl methyl sites for hydroxylation is 1. The molecule has 1 amide bonds. The highest BCUT2D eigenvalue weighted by molar-refractivity contribution is 5.76. The topological polar surface area (TPSA) is 70.1 Å². The molecule has 23 heavy (non-hydrogen) atoms. The first-order valence-corrected chi connectivity index (χ1v) is 7.93. The van der Waals surface area contributed by atoms with Crippen molar-refractivity contribution in [2.75, 3.05) is 39.8 Å². The summed E-state index contributed by atoms with van der Waals surface area (Å²) in [5.74, 6) is 0.208. The quantitative estimate of drug-likeness (QED) is 0.819. The molecule has 0 aromatic heterocycles. The number of carboxylic acids is 1. The molecule has 0 radical (unpaired) electrons. The first-order valence-electron chi connectivity index (χ1n) is 7.93. The minimum Gasteiger partial charge on any atom is -0.497 e. The Morgan fingerprint density at radius 2 is 1.74 bits per heavy atom. The molecule has 1 aromatic rings. The summed E-state index contributed by atoms with van der Waals surface area (Å²) in [6.07, 6.45) is 1.38. The Morgan fingerprint density at radius 3 is 2.30 bits per heavy atom. The summed E-state index contributed by atoms with van der Waals surface area (Å²) in [5, 5.41) is 8.70. The number of hydrogen-bond donors (Lipinski definition) is 1. The van der Waals surface area contributed by atoms with E-state index in [1.807, 2.05) is 29.2 Å². The number of hydrogen-bond acceptors (Lipinski definition) is 4. The van der Waals surface area contributed by atoms with Crippen molar-refractivity contribution in [3.63, 3.8) is 0 Å². The van der Waals surface area contributed by atoms with Gasteiger partial charge >= 0.3 is 5.97 Å². The van der Waals surface area contributed by atoms with Crippen LogP contribution in [0, 0.1) is 0 Å². The van der Waals surface area contributed by atoms with Gasteiger partial charge in [-0.1, -0.05) is 12.1 Å². The van der Waals surface area contributed by atoms with E-state index >= 15 is 0 Å². The normalized spacial score (nSPS) is 15.4. The summed E-state index contributed by atoms with van der Waals surface area (Å²) in [7, 11) is 1.63. The third-order valence-electron chi connectivity index (χ3n) is 4.15. The summed E-state index contributed by atoms with van der Waals surface area (Å²) in [5.41, 5.74) is 1.12. The second-order valence-corrected chi connectivity index (χ2v) is 5.71. The monoisotopic (exact) mass is 320 g/mol. The van der Waals surface area contributed by atoms with E-state index in [1.165, 1.54) is 0 Å². The second-order valence-electron chi connectivity index (χ2n) is 5.71. The number of carboxylic acid groups (broad SMARTS) is 1. The van der Waals surface area contributed by atoms with Crippen LogP contribution in [0.5, 0.6) is 5.75 Å². The Hall–Kier alpha value is -2.08. The van der Waals surface area contributed by atoms with Crippen LogP contribution < -0.4 is 4.74 Å². The Labute approximate surface area is 136 Å². The molecular weight excluding hydrogens is 296 g/mol. The molecule has 2 rings (SSSR count). The number of benzene rings is 1. The molecule has 1 heterocycles. The number of carbonyl (C=O) groups excluding carboxylic acids is 1. The van der Waals surface area contributed by atoms with Gasteiger partial charge in [0.15, 0.2) is 0 Å². The largest absolute Gasteiger partial charge is 0.497 e. The highest BCUT2D eigenvalue weighted by Crippen LogP contribution is 2.13. The number of aliphatic carboxylic acids is 1. The lowest BCUT2D eigenvalue weighted by molar-refractivity contribution is -0.138. The molecule has 0 atom stereocenters. The van der Waals surface area contributed by atoms with Gasteiger partial charge in [0.05, 0.1) is 13.5 Å². The fourth-order valence-electron chi connectivity index (χ4n) is 2.68. The molecule has 126 valence electrons. The smallest absolute Gasteiger partial charge is 0.304 e. The van der Waals surface area contributed by atoms with Crippen LogP contribution in [0.25, 0.3) is 0 Å². The standard InChI is InChI=1S/C17H24N2O4/c1-23-15-5-2-14(3-6-15)4-7-16(20)19-12-10-18(11-13-19)9-8-17(21)22/h2-3,5-6H,4,7-13H2,1H3,(H,21,22). The fourth-order valence-corrected chi connectivity index (χ4v) is 2.68. The van der Waals surface area contributed by atoms with Crippen molar-refractivity contribution in [2.24, 2.45) is 0 Å². The second kappa shape index (κ2) is 8.53. The van der Waals surface area contributed by atoms with Gasteiger partial charge in [-0.2, -0.15) is 0 Å². The molecule has 0 unspecified atom stereocenters. The number of piperazine rings is 1. The molecule has 0 saturated carbocycles. The van der Waals surface area contributed by atoms with Crippen LogP contribution in [0.15, 0.2) is 24.3 Å². The van der Waals surface area contributed by atoms with Crippen molar-refractivity contribution in [3.05, 3.63) is 29.8 Å². The van der Waals surface area contributed by atoms with E-state index in [-0.39, 0.29) is 12.3 Å². The average molecular weight is 320 g/mol. The van der Waals surface area contributed by atoms with Gasteiger partial charge in [0.2, 0.25) is 5.91 Å². The third kappa shape index (κ3) is 5.56. The number of ether oxygens (including phenoxy) is 1. The number of amides is 1. The summed E-state index contributed by atoms with van der Waals surface area (Å²) in [6.45, 7) is 3.43. The Kier molecular flexibility index (Phi) is 6.40. The SMILES string of the molecule is COc1ccc(CCC(=O)N2CCN(CCC(=O)O)CC2)cc1. The molecule has 1 aliphatic rings. The predicted octanol–water partition coefficient (Wildman–Crippen LogP) is 1.25. The zero-order chi connectivity index (χ0) is 16.7. The van der Waals surface area contributed by atoms with Crippen molar-refractivity contribution in [1.82, 2.24) is 9.80 Å². The van der Waals surface area contributed by atoms with Crippen molar-refractivity contribution in [1.29, 1.82) is 0 Å². The van der Waals surface area contributed by atoms with Crippen LogP contribution in [-0.2, 0) is 16.0 Å². The van der Waals surface area contributed by atoms with Gasteiger partial charge < -0.3 is 14.7 Å². The van der Waals surface area contributed by atoms with Gasteiger partial charge in [-0.25, -0.2) is 0 Å². The summed E-state index contributed by atoms with van der Waals surface area (Å²) in [6, 6.07) is 7.77. The molecule has 0 spiro atoms. The highest BCUT2D eigenvalue weighted by Gasteiger charge is 2.20. The first kappa shape index (κ1) is 17.3. The molecule has 1 fully saturated rings. The summed E-state index contributed by atoms with van der Waals surface area (Å²) >= 11 is 0. The van der Waals surface area contributed by atoms with Crippen LogP contribution in [0.2, 0.25) is 0 Å². The lowest BCUT2D eigenvalue weighted by atomic mass is 10.1. The highest BCUT2D eigenvalue weighted by atomic mass is 16.5. The van der Waals surface area contributed by atoms with Gasteiger partial charge in [-0.3, -0.25) is 14.5 Å². The number of carbonyl (C=O) groups is 2. The molecule has 1 saturated heterocycles. The van der Waals surface area contributed by atoms with Crippen molar-refractivity contribution in [2.45, 2.75) is 19.3 Å².